The molecule has 5 atom stereocenters. The van der Waals surface area contributed by atoms with E-state index in [4.69, 9.17) is 0 Å². The average Bonchev–Trinajstić information content (AvgIpc) is 2.57. The van der Waals surface area contributed by atoms with E-state index in [2.05, 4.69) is 42.0 Å². The number of carbonyl (C=O) groups excluding carboxylic acids is 1. The first-order valence-electron chi connectivity index (χ1n) is 9.95. The largest absolute Gasteiger partial charge is 0.349 e. The van der Waals surface area contributed by atoms with E-state index in [0.29, 0.717) is 0 Å². The summed E-state index contributed by atoms with van der Waals surface area (Å²) >= 11 is 3.51. The molecule has 2 nitrogen and oxygen atoms in total. The normalized spacial score (nSPS) is 33.8. The van der Waals surface area contributed by atoms with Gasteiger partial charge in [-0.2, -0.15) is 0 Å². The van der Waals surface area contributed by atoms with Crippen LogP contribution < -0.4 is 5.32 Å². The molecule has 25 heavy (non-hydrogen) atoms. The fourth-order valence-electron chi connectivity index (χ4n) is 5.35. The third kappa shape index (κ3) is 4.30. The topological polar surface area (TPSA) is 29.1 Å². The Morgan fingerprint density at radius 1 is 1.16 bits per heavy atom. The zero-order valence-electron chi connectivity index (χ0n) is 15.9. The maximum absolute atomic E-state index is 12.8. The third-order valence-electron chi connectivity index (χ3n) is 6.77. The van der Waals surface area contributed by atoms with Crippen molar-refractivity contribution in [3.05, 3.63) is 34.3 Å². The molecule has 1 aromatic rings. The van der Waals surface area contributed by atoms with Gasteiger partial charge >= 0.3 is 0 Å². The summed E-state index contributed by atoms with van der Waals surface area (Å²) in [4.78, 5) is 12.8. The predicted octanol–water partition coefficient (Wildman–Crippen LogP) is 6.20. The number of rotatable bonds is 3. The molecule has 2 fully saturated rings. The predicted molar refractivity (Wildman–Crippen MR) is 108 cm³/mol. The molecule has 1 N–H and O–H groups in total. The molecular weight excluding hydrogens is 374 g/mol. The van der Waals surface area contributed by atoms with Crippen LogP contribution in [0.25, 0.3) is 0 Å². The Morgan fingerprint density at radius 2 is 1.92 bits per heavy atom. The van der Waals surface area contributed by atoms with Crippen LogP contribution >= 0.6 is 15.9 Å². The molecular formula is C22H32BrNO. The van der Waals surface area contributed by atoms with Gasteiger partial charge in [-0.15, -0.1) is 0 Å². The zero-order valence-corrected chi connectivity index (χ0v) is 17.4. The highest BCUT2D eigenvalue weighted by Crippen LogP contribution is 2.51. The SMILES string of the molecule is CC1CCC2CC(C)CC(C(C)NC(=O)c3ccccc3Br)(CC1)C2. The Kier molecular flexibility index (Phi) is 5.92. The Bertz CT molecular complexity index is 616. The van der Waals surface area contributed by atoms with Crippen LogP contribution in [0.4, 0.5) is 0 Å². The molecule has 0 spiro atoms. The van der Waals surface area contributed by atoms with Gasteiger partial charge in [0.05, 0.1) is 5.56 Å². The lowest BCUT2D eigenvalue weighted by Crippen LogP contribution is -2.50. The number of hydrogen-bond donors (Lipinski definition) is 1. The van der Waals surface area contributed by atoms with Gasteiger partial charge in [-0.25, -0.2) is 0 Å². The van der Waals surface area contributed by atoms with Gasteiger partial charge in [-0.05, 0) is 83.8 Å². The van der Waals surface area contributed by atoms with Crippen LogP contribution in [0.5, 0.6) is 0 Å². The first kappa shape index (κ1) is 18.9. The van der Waals surface area contributed by atoms with Crippen LogP contribution in [0.1, 0.15) is 76.1 Å². The number of amides is 1. The number of carbonyl (C=O) groups is 1. The Morgan fingerprint density at radius 3 is 2.68 bits per heavy atom. The number of halogens is 1. The molecule has 2 saturated carbocycles. The lowest BCUT2D eigenvalue weighted by atomic mass is 9.58. The first-order chi connectivity index (χ1) is 11.9. The molecule has 0 heterocycles. The number of hydrogen-bond acceptors (Lipinski definition) is 1. The standard InChI is InChI=1S/C22H32BrNO/c1-15-8-9-18-12-16(2)13-22(14-18,11-10-15)17(3)24-21(25)19-6-4-5-7-20(19)23/h4-7,15-18H,8-14H2,1-3H3,(H,24,25). The molecule has 0 radical (unpaired) electrons. The molecule has 5 unspecified atom stereocenters. The van der Waals surface area contributed by atoms with Crippen LogP contribution in [0.15, 0.2) is 28.7 Å². The van der Waals surface area contributed by atoms with Crippen molar-refractivity contribution in [3.8, 4) is 0 Å². The van der Waals surface area contributed by atoms with Gasteiger partial charge in [0.2, 0.25) is 0 Å². The number of nitrogens with one attached hydrogen (secondary N) is 1. The van der Waals surface area contributed by atoms with Crippen LogP contribution in [0.3, 0.4) is 0 Å². The van der Waals surface area contributed by atoms with Crippen LogP contribution in [0, 0.1) is 23.2 Å². The molecule has 138 valence electrons. The fraction of sp³-hybridized carbons (Fsp3) is 0.682. The summed E-state index contributed by atoms with van der Waals surface area (Å²) in [5.41, 5.74) is 1.01. The molecule has 3 rings (SSSR count). The zero-order chi connectivity index (χ0) is 18.0. The monoisotopic (exact) mass is 405 g/mol. The number of benzene rings is 1. The Labute approximate surface area is 161 Å². The van der Waals surface area contributed by atoms with Crippen molar-refractivity contribution in [3.63, 3.8) is 0 Å². The van der Waals surface area contributed by atoms with Crippen LogP contribution in [-0.2, 0) is 0 Å². The van der Waals surface area contributed by atoms with E-state index in [9.17, 15) is 4.79 Å². The van der Waals surface area contributed by atoms with Crippen LogP contribution in [0.2, 0.25) is 0 Å². The summed E-state index contributed by atoms with van der Waals surface area (Å²) in [5.74, 6) is 2.49. The Hall–Kier alpha value is -0.830. The van der Waals surface area contributed by atoms with Gasteiger partial charge in [0.25, 0.3) is 5.91 Å². The lowest BCUT2D eigenvalue weighted by Gasteiger charge is -2.49. The summed E-state index contributed by atoms with van der Waals surface area (Å²) in [5, 5.41) is 3.37. The highest BCUT2D eigenvalue weighted by atomic mass is 79.9. The van der Waals surface area contributed by atoms with Crippen molar-refractivity contribution in [2.24, 2.45) is 23.2 Å². The molecule has 0 aliphatic heterocycles. The van der Waals surface area contributed by atoms with E-state index >= 15 is 0 Å². The molecule has 2 aliphatic rings. The smallest absolute Gasteiger partial charge is 0.252 e. The maximum atomic E-state index is 12.8. The fourth-order valence-corrected chi connectivity index (χ4v) is 5.82. The second kappa shape index (κ2) is 7.82. The van der Waals surface area contributed by atoms with Crippen molar-refractivity contribution in [1.82, 2.24) is 5.32 Å². The van der Waals surface area contributed by atoms with Crippen molar-refractivity contribution >= 4 is 21.8 Å². The van der Waals surface area contributed by atoms with Gasteiger partial charge in [0.15, 0.2) is 0 Å². The highest BCUT2D eigenvalue weighted by Gasteiger charge is 2.44. The van der Waals surface area contributed by atoms with Crippen molar-refractivity contribution in [2.75, 3.05) is 0 Å². The third-order valence-corrected chi connectivity index (χ3v) is 7.46. The summed E-state index contributed by atoms with van der Waals surface area (Å²) in [6.45, 7) is 7.06. The van der Waals surface area contributed by atoms with Gasteiger partial charge in [0.1, 0.15) is 0 Å². The van der Waals surface area contributed by atoms with E-state index in [1.54, 1.807) is 0 Å². The van der Waals surface area contributed by atoms with E-state index in [1.165, 1.54) is 44.9 Å². The van der Waals surface area contributed by atoms with Crippen molar-refractivity contribution < 1.29 is 4.79 Å². The Balaban J connectivity index is 1.78. The van der Waals surface area contributed by atoms with Gasteiger partial charge in [0, 0.05) is 10.5 Å². The molecule has 0 aromatic heterocycles. The summed E-state index contributed by atoms with van der Waals surface area (Å²) < 4.78 is 0.873. The highest BCUT2D eigenvalue weighted by molar-refractivity contribution is 9.10. The minimum Gasteiger partial charge on any atom is -0.349 e. The summed E-state index contributed by atoms with van der Waals surface area (Å²) in [6, 6.07) is 7.94. The molecule has 2 bridgehead atoms. The van der Waals surface area contributed by atoms with Gasteiger partial charge < -0.3 is 5.32 Å². The molecule has 2 aliphatic carbocycles. The van der Waals surface area contributed by atoms with Gasteiger partial charge in [-0.1, -0.05) is 45.2 Å². The maximum Gasteiger partial charge on any atom is 0.252 e. The minimum atomic E-state index is 0.0548. The first-order valence-corrected chi connectivity index (χ1v) is 10.7. The lowest BCUT2D eigenvalue weighted by molar-refractivity contribution is 0.0285. The van der Waals surface area contributed by atoms with Crippen LogP contribution in [-0.4, -0.2) is 11.9 Å². The minimum absolute atomic E-state index is 0.0548. The second-order valence-electron chi connectivity index (χ2n) is 8.87. The summed E-state index contributed by atoms with van der Waals surface area (Å²) in [7, 11) is 0. The van der Waals surface area contributed by atoms with E-state index in [1.807, 2.05) is 24.3 Å². The molecule has 0 saturated heterocycles. The molecule has 3 heteroatoms. The molecule has 1 aromatic carbocycles. The van der Waals surface area contributed by atoms with Crippen molar-refractivity contribution in [1.29, 1.82) is 0 Å². The van der Waals surface area contributed by atoms with Crippen molar-refractivity contribution in [2.45, 2.75) is 71.8 Å². The summed E-state index contributed by atoms with van der Waals surface area (Å²) in [6.07, 6.45) is 9.24. The van der Waals surface area contributed by atoms with E-state index in [-0.39, 0.29) is 17.4 Å². The van der Waals surface area contributed by atoms with E-state index < -0.39 is 0 Å². The number of fused-ring (bicyclic) bond motifs is 2. The van der Waals surface area contributed by atoms with E-state index in [0.717, 1.165) is 27.8 Å². The molecule has 1 amide bonds. The van der Waals surface area contributed by atoms with Gasteiger partial charge in [-0.3, -0.25) is 4.79 Å². The average molecular weight is 406 g/mol. The quantitative estimate of drug-likeness (QED) is 0.636. The second-order valence-corrected chi connectivity index (χ2v) is 9.73.